The number of nitrogens with one attached hydrogen (secondary N) is 1. The normalized spacial score (nSPS) is 16.5. The smallest absolute Gasteiger partial charge is 0.241 e. The minimum Gasteiger partial charge on any atom is -0.382 e. The molecule has 2 rings (SSSR count). The molecular formula is C19H32N2O5S. The third-order valence-corrected chi connectivity index (χ3v) is 6.07. The summed E-state index contributed by atoms with van der Waals surface area (Å²) in [5, 5.41) is 7.34. The van der Waals surface area contributed by atoms with Crippen molar-refractivity contribution < 1.29 is 23.5 Å². The zero-order valence-corrected chi connectivity index (χ0v) is 17.8. The fourth-order valence-corrected chi connectivity index (χ4v) is 4.14. The van der Waals surface area contributed by atoms with E-state index < -0.39 is 4.75 Å². The fourth-order valence-electron chi connectivity index (χ4n) is 2.72. The second kappa shape index (κ2) is 9.91. The van der Waals surface area contributed by atoms with Crippen molar-refractivity contribution in [1.29, 1.82) is 0 Å². The Kier molecular flexibility index (Phi) is 8.15. The number of carbonyl (C=O) groups excluding carboxylic acids is 1. The first-order chi connectivity index (χ1) is 12.7. The molecule has 0 aromatic carbocycles. The lowest BCUT2D eigenvalue weighted by molar-refractivity contribution is -0.117. The Morgan fingerprint density at radius 2 is 2.00 bits per heavy atom. The van der Waals surface area contributed by atoms with Gasteiger partial charge in [-0.3, -0.25) is 4.79 Å². The number of hydrogen-bond donors (Lipinski definition) is 1. The highest BCUT2D eigenvalue weighted by Gasteiger charge is 2.33. The zero-order valence-electron chi connectivity index (χ0n) is 17.0. The Morgan fingerprint density at radius 3 is 2.67 bits per heavy atom. The first kappa shape index (κ1) is 22.2. The van der Waals surface area contributed by atoms with E-state index in [0.717, 1.165) is 26.1 Å². The molecule has 8 heteroatoms. The number of hydrogen-bond acceptors (Lipinski definition) is 7. The fraction of sp³-hybridized carbons (Fsp3) is 0.789. The summed E-state index contributed by atoms with van der Waals surface area (Å²) in [5.74, 6) is 1.03. The molecule has 0 bridgehead atoms. The van der Waals surface area contributed by atoms with Crippen molar-refractivity contribution in [3.63, 3.8) is 0 Å². The molecule has 0 spiro atoms. The second-order valence-electron chi connectivity index (χ2n) is 7.90. The van der Waals surface area contributed by atoms with Crippen LogP contribution in [0.4, 0.5) is 5.82 Å². The van der Waals surface area contributed by atoms with Crippen molar-refractivity contribution in [1.82, 2.24) is 5.16 Å². The monoisotopic (exact) mass is 400 g/mol. The Bertz CT molecular complexity index is 597. The average molecular weight is 401 g/mol. The first-order valence-electron chi connectivity index (χ1n) is 9.35. The molecule has 2 heterocycles. The number of rotatable bonds is 10. The lowest BCUT2D eigenvalue weighted by Gasteiger charge is -2.30. The van der Waals surface area contributed by atoms with E-state index in [0.29, 0.717) is 36.6 Å². The molecule has 1 aromatic rings. The summed E-state index contributed by atoms with van der Waals surface area (Å²) < 4.78 is 20.9. The van der Waals surface area contributed by atoms with E-state index in [9.17, 15) is 4.79 Å². The number of carbonyl (C=O) groups is 1. The van der Waals surface area contributed by atoms with Gasteiger partial charge in [-0.25, -0.2) is 0 Å². The van der Waals surface area contributed by atoms with Crippen LogP contribution >= 0.6 is 11.8 Å². The van der Waals surface area contributed by atoms with Crippen molar-refractivity contribution in [2.24, 2.45) is 0 Å². The predicted octanol–water partition coefficient (Wildman–Crippen LogP) is 3.24. The summed E-state index contributed by atoms with van der Waals surface area (Å²) in [6.07, 6.45) is 1.96. The molecular weight excluding hydrogens is 368 g/mol. The summed E-state index contributed by atoms with van der Waals surface area (Å²) in [4.78, 5) is 12.7. The predicted molar refractivity (Wildman–Crippen MR) is 106 cm³/mol. The zero-order chi connectivity index (χ0) is 19.9. The van der Waals surface area contributed by atoms with E-state index >= 15 is 0 Å². The third kappa shape index (κ3) is 6.78. The second-order valence-corrected chi connectivity index (χ2v) is 9.82. The molecule has 0 aliphatic carbocycles. The summed E-state index contributed by atoms with van der Waals surface area (Å²) in [5.41, 5.74) is -0.351. The van der Waals surface area contributed by atoms with Gasteiger partial charge >= 0.3 is 0 Å². The highest BCUT2D eigenvalue weighted by Crippen LogP contribution is 2.35. The van der Waals surface area contributed by atoms with Crippen LogP contribution in [0.15, 0.2) is 10.6 Å². The summed E-state index contributed by atoms with van der Waals surface area (Å²) >= 11 is 1.70. The van der Waals surface area contributed by atoms with Crippen LogP contribution in [-0.2, 0) is 24.4 Å². The molecule has 0 saturated carbocycles. The van der Waals surface area contributed by atoms with Crippen LogP contribution in [0.3, 0.4) is 0 Å². The number of amides is 1. The SMILES string of the molecule is COCCOCC(C)(C)c1cc(NC(=O)C(C)(C)SC2CCOCC2)no1. The lowest BCUT2D eigenvalue weighted by atomic mass is 9.91. The van der Waals surface area contributed by atoms with Crippen molar-refractivity contribution in [3.8, 4) is 0 Å². The molecule has 1 amide bonds. The number of nitrogens with zero attached hydrogens (tertiary/aromatic N) is 1. The highest BCUT2D eigenvalue weighted by molar-refractivity contribution is 8.02. The quantitative estimate of drug-likeness (QED) is 0.604. The van der Waals surface area contributed by atoms with E-state index in [1.54, 1.807) is 24.9 Å². The van der Waals surface area contributed by atoms with Crippen LogP contribution in [-0.4, -0.2) is 61.2 Å². The Labute approximate surface area is 165 Å². The third-order valence-electron chi connectivity index (χ3n) is 4.49. The maximum absolute atomic E-state index is 12.7. The van der Waals surface area contributed by atoms with Gasteiger partial charge in [0, 0.05) is 37.1 Å². The number of thioether (sulfide) groups is 1. The molecule has 1 saturated heterocycles. The largest absolute Gasteiger partial charge is 0.382 e. The van der Waals surface area contributed by atoms with E-state index in [4.69, 9.17) is 18.7 Å². The van der Waals surface area contributed by atoms with E-state index in [1.807, 2.05) is 27.7 Å². The van der Waals surface area contributed by atoms with Gasteiger partial charge in [-0.15, -0.1) is 11.8 Å². The molecule has 0 unspecified atom stereocenters. The van der Waals surface area contributed by atoms with Gasteiger partial charge in [-0.05, 0) is 26.7 Å². The lowest BCUT2D eigenvalue weighted by Crippen LogP contribution is -2.37. The minimum atomic E-state index is -0.556. The van der Waals surface area contributed by atoms with Crippen LogP contribution in [0.25, 0.3) is 0 Å². The van der Waals surface area contributed by atoms with Crippen molar-refractivity contribution in [2.75, 3.05) is 45.5 Å². The Hall–Kier alpha value is -1.09. The molecule has 1 fully saturated rings. The maximum Gasteiger partial charge on any atom is 0.241 e. The topological polar surface area (TPSA) is 82.8 Å². The van der Waals surface area contributed by atoms with E-state index in [2.05, 4.69) is 10.5 Å². The summed E-state index contributed by atoms with van der Waals surface area (Å²) in [7, 11) is 1.64. The number of anilines is 1. The molecule has 1 aromatic heterocycles. The van der Waals surface area contributed by atoms with Crippen LogP contribution in [0.1, 0.15) is 46.3 Å². The van der Waals surface area contributed by atoms with Crippen molar-refractivity contribution in [3.05, 3.63) is 11.8 Å². The summed E-state index contributed by atoms with van der Waals surface area (Å²) in [6, 6.07) is 1.77. The molecule has 1 aliphatic rings. The van der Waals surface area contributed by atoms with Gasteiger partial charge < -0.3 is 24.1 Å². The van der Waals surface area contributed by atoms with Gasteiger partial charge in [0.15, 0.2) is 5.82 Å². The number of methoxy groups -OCH3 is 1. The Morgan fingerprint density at radius 1 is 1.30 bits per heavy atom. The number of aromatic nitrogens is 1. The summed E-state index contributed by atoms with van der Waals surface area (Å²) in [6.45, 7) is 11.0. The molecule has 1 N–H and O–H groups in total. The standard InChI is InChI=1S/C19H32N2O5S/c1-18(2,13-25-11-10-23-5)15-12-16(21-26-15)20-17(22)19(3,4)27-14-6-8-24-9-7-14/h12,14H,6-11,13H2,1-5H3,(H,20,21,22). The molecule has 0 radical (unpaired) electrons. The van der Waals surface area contributed by atoms with E-state index in [1.165, 1.54) is 0 Å². The van der Waals surface area contributed by atoms with Gasteiger partial charge in [0.25, 0.3) is 0 Å². The molecule has 154 valence electrons. The van der Waals surface area contributed by atoms with Crippen molar-refractivity contribution >= 4 is 23.5 Å². The van der Waals surface area contributed by atoms with Gasteiger partial charge in [0.05, 0.1) is 24.6 Å². The highest BCUT2D eigenvalue weighted by atomic mass is 32.2. The first-order valence-corrected chi connectivity index (χ1v) is 10.2. The van der Waals surface area contributed by atoms with Crippen LogP contribution in [0, 0.1) is 0 Å². The maximum atomic E-state index is 12.7. The van der Waals surface area contributed by atoms with Crippen LogP contribution in [0.2, 0.25) is 0 Å². The van der Waals surface area contributed by atoms with Gasteiger partial charge in [0.1, 0.15) is 5.76 Å². The minimum absolute atomic E-state index is 0.0759. The Balaban J connectivity index is 1.90. The van der Waals surface area contributed by atoms with Gasteiger partial charge in [-0.2, -0.15) is 0 Å². The molecule has 0 atom stereocenters. The van der Waals surface area contributed by atoms with Gasteiger partial charge in [0.2, 0.25) is 5.91 Å². The van der Waals surface area contributed by atoms with Gasteiger partial charge in [-0.1, -0.05) is 19.0 Å². The van der Waals surface area contributed by atoms with Crippen LogP contribution in [0.5, 0.6) is 0 Å². The molecule has 7 nitrogen and oxygen atoms in total. The van der Waals surface area contributed by atoms with Crippen LogP contribution < -0.4 is 5.32 Å². The average Bonchev–Trinajstić information content (AvgIpc) is 3.09. The van der Waals surface area contributed by atoms with Crippen molar-refractivity contribution in [2.45, 2.75) is 55.9 Å². The van der Waals surface area contributed by atoms with E-state index in [-0.39, 0.29) is 11.3 Å². The number of ether oxygens (including phenoxy) is 3. The molecule has 27 heavy (non-hydrogen) atoms. The molecule has 1 aliphatic heterocycles.